The molecule has 2 rings (SSSR count). The highest BCUT2D eigenvalue weighted by molar-refractivity contribution is 5.44. The van der Waals surface area contributed by atoms with Crippen LogP contribution in [0.25, 0.3) is 0 Å². The Morgan fingerprint density at radius 1 is 1.23 bits per heavy atom. The van der Waals surface area contributed by atoms with Crippen molar-refractivity contribution in [1.82, 2.24) is 9.55 Å². The van der Waals surface area contributed by atoms with Crippen molar-refractivity contribution < 1.29 is 14.6 Å². The number of aromatic hydroxyl groups is 1. The van der Waals surface area contributed by atoms with Gasteiger partial charge in [-0.3, -0.25) is 4.57 Å². The molecule has 0 fully saturated rings. The maximum absolute atomic E-state index is 11.9. The molecule has 0 atom stereocenters. The van der Waals surface area contributed by atoms with Crippen molar-refractivity contribution in [2.75, 3.05) is 14.2 Å². The van der Waals surface area contributed by atoms with Crippen molar-refractivity contribution >= 4 is 0 Å². The summed E-state index contributed by atoms with van der Waals surface area (Å²) in [4.78, 5) is 14.6. The zero-order valence-electron chi connectivity index (χ0n) is 13.2. The highest BCUT2D eigenvalue weighted by atomic mass is 16.5. The number of hydrogen-bond donors (Lipinski definition) is 2. The number of aromatic nitrogens is 2. The Kier molecular flexibility index (Phi) is 5.14. The van der Waals surface area contributed by atoms with E-state index in [1.165, 1.54) is 4.57 Å². The van der Waals surface area contributed by atoms with Crippen LogP contribution in [0.5, 0.6) is 17.4 Å². The first-order valence-corrected chi connectivity index (χ1v) is 7.32. The Bertz CT molecular complexity index is 688. The number of unbranched alkanes of at least 4 members (excludes halogenated alkanes) is 1. The summed E-state index contributed by atoms with van der Waals surface area (Å²) in [6, 6.07) is 5.51. The van der Waals surface area contributed by atoms with Crippen molar-refractivity contribution in [3.63, 3.8) is 0 Å². The van der Waals surface area contributed by atoms with E-state index >= 15 is 0 Å². The monoisotopic (exact) mass is 306 g/mol. The highest BCUT2D eigenvalue weighted by Gasteiger charge is 2.14. The van der Waals surface area contributed by atoms with E-state index in [0.717, 1.165) is 18.4 Å². The molecule has 1 aromatic heterocycles. The first-order valence-electron chi connectivity index (χ1n) is 7.32. The first-order chi connectivity index (χ1) is 10.6. The number of ether oxygens (including phenoxy) is 2. The summed E-state index contributed by atoms with van der Waals surface area (Å²) in [5.74, 6) is 1.27. The molecule has 6 nitrogen and oxygen atoms in total. The molecule has 2 aromatic rings. The maximum atomic E-state index is 11.9. The second kappa shape index (κ2) is 7.06. The smallest absolute Gasteiger partial charge is 0.328 e. The number of imidazole rings is 1. The number of aromatic amines is 1. The first kappa shape index (κ1) is 16.0. The van der Waals surface area contributed by atoms with Crippen molar-refractivity contribution in [1.29, 1.82) is 0 Å². The largest absolute Gasteiger partial charge is 0.493 e. The fourth-order valence-corrected chi connectivity index (χ4v) is 2.35. The molecule has 1 aromatic carbocycles. The Morgan fingerprint density at radius 2 is 1.95 bits per heavy atom. The van der Waals surface area contributed by atoms with Crippen LogP contribution >= 0.6 is 0 Å². The van der Waals surface area contributed by atoms with Gasteiger partial charge in [0.15, 0.2) is 11.5 Å². The lowest BCUT2D eigenvalue weighted by Crippen LogP contribution is -2.16. The van der Waals surface area contributed by atoms with Crippen molar-refractivity contribution in [2.24, 2.45) is 0 Å². The zero-order chi connectivity index (χ0) is 16.1. The van der Waals surface area contributed by atoms with E-state index in [1.807, 2.05) is 19.1 Å². The molecule has 0 radical (unpaired) electrons. The fraction of sp³-hybridized carbons (Fsp3) is 0.438. The molecule has 1 heterocycles. The van der Waals surface area contributed by atoms with Crippen molar-refractivity contribution in [3.8, 4) is 17.4 Å². The van der Waals surface area contributed by atoms with E-state index in [9.17, 15) is 9.90 Å². The molecule has 0 saturated heterocycles. The number of methoxy groups -OCH3 is 2. The van der Waals surface area contributed by atoms with Crippen LogP contribution in [0.1, 0.15) is 31.0 Å². The van der Waals surface area contributed by atoms with Gasteiger partial charge in [-0.05, 0) is 24.1 Å². The normalized spacial score (nSPS) is 10.7. The third-order valence-electron chi connectivity index (χ3n) is 3.59. The Morgan fingerprint density at radius 3 is 2.59 bits per heavy atom. The average molecular weight is 306 g/mol. The summed E-state index contributed by atoms with van der Waals surface area (Å²) in [5, 5.41) is 10.2. The molecule has 0 aliphatic heterocycles. The highest BCUT2D eigenvalue weighted by Crippen LogP contribution is 2.29. The van der Waals surface area contributed by atoms with E-state index in [0.29, 0.717) is 30.2 Å². The predicted octanol–water partition coefficient (Wildman–Crippen LogP) is 2.29. The van der Waals surface area contributed by atoms with Crippen LogP contribution in [0.4, 0.5) is 0 Å². The van der Waals surface area contributed by atoms with E-state index in [-0.39, 0.29) is 11.6 Å². The number of nitrogens with one attached hydrogen (secondary N) is 1. The molecule has 2 N–H and O–H groups in total. The Balaban J connectivity index is 2.26. The van der Waals surface area contributed by atoms with E-state index in [2.05, 4.69) is 4.98 Å². The summed E-state index contributed by atoms with van der Waals surface area (Å²) in [5.41, 5.74) is 1.14. The van der Waals surface area contributed by atoms with Gasteiger partial charge in [-0.15, -0.1) is 0 Å². The van der Waals surface area contributed by atoms with Crippen LogP contribution in [-0.4, -0.2) is 28.9 Å². The summed E-state index contributed by atoms with van der Waals surface area (Å²) >= 11 is 0. The molecule has 22 heavy (non-hydrogen) atoms. The van der Waals surface area contributed by atoms with Crippen LogP contribution < -0.4 is 15.2 Å². The topological polar surface area (TPSA) is 76.5 Å². The van der Waals surface area contributed by atoms with E-state index < -0.39 is 0 Å². The molecule has 120 valence electrons. The number of H-pyrrole nitrogens is 1. The predicted molar refractivity (Wildman–Crippen MR) is 84.0 cm³/mol. The van der Waals surface area contributed by atoms with Gasteiger partial charge in [0.25, 0.3) is 0 Å². The summed E-state index contributed by atoms with van der Waals surface area (Å²) in [7, 11) is 3.15. The van der Waals surface area contributed by atoms with Gasteiger partial charge in [-0.25, -0.2) is 4.79 Å². The lowest BCUT2D eigenvalue weighted by molar-refractivity contribution is 0.354. The lowest BCUT2D eigenvalue weighted by atomic mass is 10.1. The minimum Gasteiger partial charge on any atom is -0.493 e. The van der Waals surface area contributed by atoms with Crippen LogP contribution in [0.15, 0.2) is 23.0 Å². The molecular weight excluding hydrogens is 284 g/mol. The Labute approximate surface area is 129 Å². The minimum absolute atomic E-state index is 0.00762. The van der Waals surface area contributed by atoms with Gasteiger partial charge in [0.1, 0.15) is 0 Å². The quantitative estimate of drug-likeness (QED) is 0.823. The van der Waals surface area contributed by atoms with Crippen LogP contribution in [0.2, 0.25) is 0 Å². The molecule has 0 unspecified atom stereocenters. The Hall–Kier alpha value is -2.37. The van der Waals surface area contributed by atoms with Gasteiger partial charge >= 0.3 is 5.69 Å². The van der Waals surface area contributed by atoms with Gasteiger partial charge in [-0.1, -0.05) is 19.4 Å². The number of benzene rings is 1. The summed E-state index contributed by atoms with van der Waals surface area (Å²) < 4.78 is 11.8. The number of rotatable bonds is 7. The minimum atomic E-state index is -0.276. The SMILES string of the molecule is CCCCn1c(O)c(Cc2ccc(OC)c(OC)c2)[nH]c1=O. The van der Waals surface area contributed by atoms with E-state index in [1.54, 1.807) is 20.3 Å². The second-order valence-corrected chi connectivity index (χ2v) is 5.10. The van der Waals surface area contributed by atoms with Gasteiger partial charge < -0.3 is 19.6 Å². The number of nitrogens with zero attached hydrogens (tertiary/aromatic N) is 1. The third-order valence-corrected chi connectivity index (χ3v) is 3.59. The molecular formula is C16H22N2O4. The molecule has 0 aliphatic rings. The standard InChI is InChI=1S/C16H22N2O4/c1-4-5-8-18-15(19)12(17-16(18)20)9-11-6-7-13(21-2)14(10-11)22-3/h6-7,10,19H,4-5,8-9H2,1-3H3,(H,17,20). The zero-order valence-corrected chi connectivity index (χ0v) is 13.2. The van der Waals surface area contributed by atoms with Gasteiger partial charge in [0, 0.05) is 13.0 Å². The molecule has 0 amide bonds. The van der Waals surface area contributed by atoms with Gasteiger partial charge in [-0.2, -0.15) is 0 Å². The van der Waals surface area contributed by atoms with Crippen molar-refractivity contribution in [3.05, 3.63) is 39.9 Å². The average Bonchev–Trinajstić information content (AvgIpc) is 2.79. The van der Waals surface area contributed by atoms with Gasteiger partial charge in [0.05, 0.1) is 19.9 Å². The molecule has 0 saturated carbocycles. The van der Waals surface area contributed by atoms with E-state index in [4.69, 9.17) is 9.47 Å². The maximum Gasteiger partial charge on any atom is 0.328 e. The fourth-order valence-electron chi connectivity index (χ4n) is 2.35. The van der Waals surface area contributed by atoms with Crippen molar-refractivity contribution in [2.45, 2.75) is 32.7 Å². The van der Waals surface area contributed by atoms with Crippen LogP contribution in [-0.2, 0) is 13.0 Å². The van der Waals surface area contributed by atoms with Gasteiger partial charge in [0.2, 0.25) is 5.88 Å². The van der Waals surface area contributed by atoms with Crippen LogP contribution in [0.3, 0.4) is 0 Å². The van der Waals surface area contributed by atoms with Crippen LogP contribution in [0, 0.1) is 0 Å². The third kappa shape index (κ3) is 3.27. The molecule has 6 heteroatoms. The number of hydrogen-bond acceptors (Lipinski definition) is 4. The second-order valence-electron chi connectivity index (χ2n) is 5.10. The molecule has 0 spiro atoms. The lowest BCUT2D eigenvalue weighted by Gasteiger charge is -2.09. The molecule has 0 aliphatic carbocycles. The molecule has 0 bridgehead atoms. The summed E-state index contributed by atoms with van der Waals surface area (Å²) in [6.07, 6.45) is 2.23. The summed E-state index contributed by atoms with van der Waals surface area (Å²) in [6.45, 7) is 2.56.